The van der Waals surface area contributed by atoms with E-state index in [0.29, 0.717) is 19.1 Å². The summed E-state index contributed by atoms with van der Waals surface area (Å²) < 4.78 is 16.1. The Bertz CT molecular complexity index is 363. The van der Waals surface area contributed by atoms with Crippen molar-refractivity contribution in [1.82, 2.24) is 0 Å². The number of benzene rings is 1. The molecular weight excluding hydrogens is 232 g/mol. The zero-order chi connectivity index (χ0) is 13.0. The van der Waals surface area contributed by atoms with Crippen LogP contribution < -0.4 is 4.74 Å². The fourth-order valence-corrected chi connectivity index (χ4v) is 1.98. The topological polar surface area (TPSA) is 51.2 Å². The lowest BCUT2D eigenvalue weighted by atomic mass is 10.1. The molecule has 1 aliphatic rings. The van der Waals surface area contributed by atoms with Gasteiger partial charge in [-0.1, -0.05) is 19.1 Å². The third-order valence-corrected chi connectivity index (χ3v) is 3.17. The van der Waals surface area contributed by atoms with Crippen molar-refractivity contribution in [3.63, 3.8) is 0 Å². The van der Waals surface area contributed by atoms with Crippen LogP contribution in [-0.4, -0.2) is 37.6 Å². The minimum Gasteiger partial charge on any atom is -0.497 e. The third-order valence-electron chi connectivity index (χ3n) is 3.17. The van der Waals surface area contributed by atoms with Gasteiger partial charge in [-0.15, -0.1) is 0 Å². The van der Waals surface area contributed by atoms with E-state index in [1.807, 2.05) is 24.3 Å². The maximum absolute atomic E-state index is 8.90. The highest BCUT2D eigenvalue weighted by molar-refractivity contribution is 5.26. The number of aliphatic hydroxyl groups excluding tert-OH is 1. The zero-order valence-corrected chi connectivity index (χ0v) is 10.8. The molecule has 0 aromatic heterocycles. The molecule has 0 bridgehead atoms. The van der Waals surface area contributed by atoms with Gasteiger partial charge in [0.05, 0.1) is 33.0 Å². The number of epoxide rings is 1. The van der Waals surface area contributed by atoms with Crippen LogP contribution in [0.1, 0.15) is 12.5 Å². The van der Waals surface area contributed by atoms with Crippen LogP contribution in [0.15, 0.2) is 24.3 Å². The van der Waals surface area contributed by atoms with Gasteiger partial charge in [0.25, 0.3) is 0 Å². The first-order valence-electron chi connectivity index (χ1n) is 6.21. The molecule has 1 aromatic rings. The number of hydrogen-bond acceptors (Lipinski definition) is 4. The molecule has 18 heavy (non-hydrogen) atoms. The van der Waals surface area contributed by atoms with Gasteiger partial charge in [0.1, 0.15) is 11.9 Å². The van der Waals surface area contributed by atoms with E-state index in [9.17, 15) is 0 Å². The van der Waals surface area contributed by atoms with Crippen molar-refractivity contribution in [2.75, 3.05) is 20.3 Å². The minimum absolute atomic E-state index is 0.0181. The molecule has 0 unspecified atom stereocenters. The van der Waals surface area contributed by atoms with Crippen molar-refractivity contribution >= 4 is 0 Å². The van der Waals surface area contributed by atoms with Crippen LogP contribution >= 0.6 is 0 Å². The summed E-state index contributed by atoms with van der Waals surface area (Å²) in [5.74, 6) is 1.17. The van der Waals surface area contributed by atoms with E-state index in [1.54, 1.807) is 7.11 Å². The van der Waals surface area contributed by atoms with Crippen LogP contribution in [-0.2, 0) is 16.1 Å². The molecule has 0 radical (unpaired) electrons. The maximum atomic E-state index is 8.90. The smallest absolute Gasteiger partial charge is 0.118 e. The molecule has 3 atom stereocenters. The Kier molecular flexibility index (Phi) is 4.58. The predicted molar refractivity (Wildman–Crippen MR) is 67.6 cm³/mol. The lowest BCUT2D eigenvalue weighted by molar-refractivity contribution is 0.0824. The van der Waals surface area contributed by atoms with Crippen molar-refractivity contribution in [2.45, 2.75) is 25.7 Å². The Morgan fingerprint density at radius 1 is 1.33 bits per heavy atom. The molecule has 100 valence electrons. The summed E-state index contributed by atoms with van der Waals surface area (Å²) in [5, 5.41) is 8.90. The van der Waals surface area contributed by atoms with Gasteiger partial charge in [-0.2, -0.15) is 0 Å². The maximum Gasteiger partial charge on any atom is 0.118 e. The molecule has 1 aliphatic heterocycles. The highest BCUT2D eigenvalue weighted by Gasteiger charge is 2.42. The Hall–Kier alpha value is -1.10. The summed E-state index contributed by atoms with van der Waals surface area (Å²) in [7, 11) is 1.65. The van der Waals surface area contributed by atoms with Crippen molar-refractivity contribution < 1.29 is 19.3 Å². The second kappa shape index (κ2) is 6.18. The molecule has 4 heteroatoms. The average molecular weight is 252 g/mol. The first-order chi connectivity index (χ1) is 8.74. The Morgan fingerprint density at radius 3 is 2.61 bits per heavy atom. The van der Waals surface area contributed by atoms with Crippen LogP contribution in [0.3, 0.4) is 0 Å². The van der Waals surface area contributed by atoms with Gasteiger partial charge < -0.3 is 19.3 Å². The minimum atomic E-state index is 0.0181. The number of rotatable bonds is 7. The van der Waals surface area contributed by atoms with E-state index < -0.39 is 0 Å². The summed E-state index contributed by atoms with van der Waals surface area (Å²) in [4.78, 5) is 0. The van der Waals surface area contributed by atoms with Crippen LogP contribution in [0.5, 0.6) is 5.75 Å². The average Bonchev–Trinajstić information content (AvgIpc) is 3.19. The van der Waals surface area contributed by atoms with Gasteiger partial charge >= 0.3 is 0 Å². The Morgan fingerprint density at radius 2 is 2.06 bits per heavy atom. The van der Waals surface area contributed by atoms with Crippen LogP contribution in [0.25, 0.3) is 0 Å². The quantitative estimate of drug-likeness (QED) is 0.749. The first kappa shape index (κ1) is 13.3. The molecule has 2 rings (SSSR count). The molecule has 0 saturated carbocycles. The van der Waals surface area contributed by atoms with Crippen molar-refractivity contribution in [1.29, 1.82) is 0 Å². The molecule has 0 aliphatic carbocycles. The van der Waals surface area contributed by atoms with Crippen LogP contribution in [0, 0.1) is 5.92 Å². The van der Waals surface area contributed by atoms with E-state index in [2.05, 4.69) is 6.92 Å². The summed E-state index contributed by atoms with van der Waals surface area (Å²) in [6, 6.07) is 7.84. The number of methoxy groups -OCH3 is 1. The second-order valence-electron chi connectivity index (χ2n) is 4.66. The molecule has 0 spiro atoms. The van der Waals surface area contributed by atoms with Crippen molar-refractivity contribution in [3.05, 3.63) is 29.8 Å². The normalized spacial score (nSPS) is 23.7. The SMILES string of the molecule is COc1ccc(COC[C@@H](C)[C@H]2O[C@@H]2CO)cc1. The Labute approximate surface area is 107 Å². The molecule has 1 saturated heterocycles. The number of aliphatic hydroxyl groups is 1. The van der Waals surface area contributed by atoms with E-state index in [0.717, 1.165) is 11.3 Å². The standard InChI is InChI=1S/C14H20O4/c1-10(14-13(7-15)18-14)8-17-9-11-3-5-12(16-2)6-4-11/h3-6,10,13-15H,7-9H2,1-2H3/t10-,13-,14-/m1/s1. The van der Waals surface area contributed by atoms with E-state index in [1.165, 1.54) is 0 Å². The summed E-state index contributed by atoms with van der Waals surface area (Å²) in [6.07, 6.45) is 0.176. The monoisotopic (exact) mass is 252 g/mol. The third kappa shape index (κ3) is 3.45. The first-order valence-corrected chi connectivity index (χ1v) is 6.21. The molecule has 0 amide bonds. The molecule has 4 nitrogen and oxygen atoms in total. The molecule has 1 heterocycles. The van der Waals surface area contributed by atoms with Crippen LogP contribution in [0.4, 0.5) is 0 Å². The van der Waals surface area contributed by atoms with Gasteiger partial charge in [-0.3, -0.25) is 0 Å². The summed E-state index contributed by atoms with van der Waals surface area (Å²) in [6.45, 7) is 3.42. The molecule has 1 aromatic carbocycles. The summed E-state index contributed by atoms with van der Waals surface area (Å²) in [5.41, 5.74) is 1.12. The van der Waals surface area contributed by atoms with E-state index >= 15 is 0 Å². The molecule has 1 N–H and O–H groups in total. The second-order valence-corrected chi connectivity index (χ2v) is 4.66. The fraction of sp³-hybridized carbons (Fsp3) is 0.571. The van der Waals surface area contributed by atoms with Crippen LogP contribution in [0.2, 0.25) is 0 Å². The molecule has 1 fully saturated rings. The van der Waals surface area contributed by atoms with Gasteiger partial charge in [0.15, 0.2) is 0 Å². The van der Waals surface area contributed by atoms with Gasteiger partial charge in [-0.05, 0) is 17.7 Å². The Balaban J connectivity index is 1.68. The lowest BCUT2D eigenvalue weighted by Crippen LogP contribution is -2.15. The van der Waals surface area contributed by atoms with E-state index in [-0.39, 0.29) is 18.8 Å². The van der Waals surface area contributed by atoms with Crippen molar-refractivity contribution in [2.24, 2.45) is 5.92 Å². The zero-order valence-electron chi connectivity index (χ0n) is 10.8. The molecular formula is C14H20O4. The van der Waals surface area contributed by atoms with Gasteiger partial charge in [0.2, 0.25) is 0 Å². The van der Waals surface area contributed by atoms with Gasteiger partial charge in [-0.25, -0.2) is 0 Å². The fourth-order valence-electron chi connectivity index (χ4n) is 1.98. The summed E-state index contributed by atoms with van der Waals surface area (Å²) >= 11 is 0. The highest BCUT2D eigenvalue weighted by atomic mass is 16.6. The van der Waals surface area contributed by atoms with Gasteiger partial charge in [0, 0.05) is 5.92 Å². The predicted octanol–water partition coefficient (Wildman–Crippen LogP) is 1.61. The highest BCUT2D eigenvalue weighted by Crippen LogP contribution is 2.29. The van der Waals surface area contributed by atoms with E-state index in [4.69, 9.17) is 19.3 Å². The largest absolute Gasteiger partial charge is 0.497 e. The van der Waals surface area contributed by atoms with Crippen molar-refractivity contribution in [3.8, 4) is 5.75 Å². The number of ether oxygens (including phenoxy) is 3. The number of hydrogen-bond donors (Lipinski definition) is 1. The lowest BCUT2D eigenvalue weighted by Gasteiger charge is -2.10.